The maximum atomic E-state index is 12.6. The van der Waals surface area contributed by atoms with Gasteiger partial charge in [-0.25, -0.2) is 0 Å². The monoisotopic (exact) mass is 320 g/mol. The van der Waals surface area contributed by atoms with Crippen LogP contribution in [0.25, 0.3) is 0 Å². The molecule has 1 amide bonds. The molecule has 3 aliphatic rings. The molecule has 2 atom stereocenters. The molecule has 0 saturated carbocycles. The number of hydrogen-bond donors (Lipinski definition) is 0. The average molecular weight is 320 g/mol. The smallest absolute Gasteiger partial charge is 0.225 e. The van der Waals surface area contributed by atoms with Crippen LogP contribution >= 0.6 is 0 Å². The molecular formula is C19H32N2O2. The Hall–Kier alpha value is -0.870. The predicted molar refractivity (Wildman–Crippen MR) is 92.2 cm³/mol. The number of piperidine rings is 1. The van der Waals surface area contributed by atoms with Crippen LogP contribution in [0.2, 0.25) is 0 Å². The molecule has 0 unspecified atom stereocenters. The highest BCUT2D eigenvalue weighted by atomic mass is 16.5. The molecule has 2 fully saturated rings. The van der Waals surface area contributed by atoms with Gasteiger partial charge < -0.3 is 14.5 Å². The predicted octanol–water partition coefficient (Wildman–Crippen LogP) is 2.55. The molecule has 0 aromatic carbocycles. The highest BCUT2D eigenvalue weighted by Crippen LogP contribution is 2.32. The summed E-state index contributed by atoms with van der Waals surface area (Å²) in [4.78, 5) is 17.2. The van der Waals surface area contributed by atoms with E-state index in [1.54, 1.807) is 5.57 Å². The van der Waals surface area contributed by atoms with Crippen molar-refractivity contribution < 1.29 is 9.53 Å². The largest absolute Gasteiger partial charge is 0.378 e. The molecule has 3 rings (SSSR count). The minimum absolute atomic E-state index is 0.241. The molecule has 2 saturated heterocycles. The third-order valence-electron chi connectivity index (χ3n) is 6.07. The van der Waals surface area contributed by atoms with Gasteiger partial charge in [0.2, 0.25) is 5.91 Å². The van der Waals surface area contributed by atoms with E-state index in [9.17, 15) is 4.79 Å². The molecule has 0 radical (unpaired) electrons. The molecule has 0 aromatic heterocycles. The number of amides is 1. The number of carbonyl (C=O) groups excluding carboxylic acids is 1. The normalized spacial score (nSPS) is 31.0. The number of morpholine rings is 1. The molecule has 130 valence electrons. The standard InChI is InChI=1S/C19H32N2O2/c1-15-4-3-5-16(2)18(15)14-20-8-6-17(7-9-20)19(22)21-10-12-23-13-11-21/h4,16-18H,3,5-14H2,1-2H3/t16-,18+/m0/s1. The van der Waals surface area contributed by atoms with Crippen LogP contribution in [0.1, 0.15) is 39.5 Å². The quantitative estimate of drug-likeness (QED) is 0.749. The summed E-state index contributed by atoms with van der Waals surface area (Å²) in [5, 5.41) is 0. The van der Waals surface area contributed by atoms with Gasteiger partial charge in [-0.2, -0.15) is 0 Å². The Morgan fingerprint density at radius 1 is 1.17 bits per heavy atom. The van der Waals surface area contributed by atoms with Crippen LogP contribution in [0.4, 0.5) is 0 Å². The van der Waals surface area contributed by atoms with Crippen LogP contribution in [-0.2, 0) is 9.53 Å². The van der Waals surface area contributed by atoms with Gasteiger partial charge in [-0.1, -0.05) is 18.6 Å². The maximum absolute atomic E-state index is 12.6. The van der Waals surface area contributed by atoms with E-state index in [1.807, 2.05) is 4.90 Å². The number of rotatable bonds is 3. The minimum atomic E-state index is 0.241. The lowest BCUT2D eigenvalue weighted by Crippen LogP contribution is -2.47. The molecule has 2 aliphatic heterocycles. The zero-order valence-electron chi connectivity index (χ0n) is 14.8. The minimum Gasteiger partial charge on any atom is -0.378 e. The first-order valence-corrected chi connectivity index (χ1v) is 9.40. The zero-order chi connectivity index (χ0) is 16.2. The van der Waals surface area contributed by atoms with Crippen LogP contribution in [0, 0.1) is 17.8 Å². The van der Waals surface area contributed by atoms with E-state index in [4.69, 9.17) is 4.74 Å². The Labute approximate surface area is 140 Å². The fourth-order valence-corrected chi connectivity index (χ4v) is 4.38. The van der Waals surface area contributed by atoms with Crippen molar-refractivity contribution in [3.63, 3.8) is 0 Å². The van der Waals surface area contributed by atoms with Crippen molar-refractivity contribution in [1.82, 2.24) is 9.80 Å². The van der Waals surface area contributed by atoms with Gasteiger partial charge >= 0.3 is 0 Å². The van der Waals surface area contributed by atoms with Crippen LogP contribution in [0.3, 0.4) is 0 Å². The molecule has 4 nitrogen and oxygen atoms in total. The van der Waals surface area contributed by atoms with E-state index < -0.39 is 0 Å². The first kappa shape index (κ1) is 17.0. The molecule has 4 heteroatoms. The average Bonchev–Trinajstić information content (AvgIpc) is 2.59. The van der Waals surface area contributed by atoms with Gasteiger partial charge in [-0.05, 0) is 57.5 Å². The summed E-state index contributed by atoms with van der Waals surface area (Å²) in [6.07, 6.45) is 7.06. The van der Waals surface area contributed by atoms with E-state index in [2.05, 4.69) is 24.8 Å². The number of allylic oxidation sites excluding steroid dienone is 1. The summed E-state index contributed by atoms with van der Waals surface area (Å²) in [5.74, 6) is 2.13. The lowest BCUT2D eigenvalue weighted by molar-refractivity contribution is -0.141. The van der Waals surface area contributed by atoms with Gasteiger partial charge in [0.05, 0.1) is 13.2 Å². The molecule has 0 N–H and O–H groups in total. The lowest BCUT2D eigenvalue weighted by Gasteiger charge is -2.38. The zero-order valence-corrected chi connectivity index (χ0v) is 14.8. The SMILES string of the molecule is CC1=CCC[C@H](C)[C@@H]1CN1CCC(C(=O)N2CCOCC2)CC1. The van der Waals surface area contributed by atoms with E-state index in [0.717, 1.165) is 50.9 Å². The summed E-state index contributed by atoms with van der Waals surface area (Å²) in [5.41, 5.74) is 1.58. The molecule has 1 aliphatic carbocycles. The van der Waals surface area contributed by atoms with Gasteiger partial charge in [0.25, 0.3) is 0 Å². The van der Waals surface area contributed by atoms with Crippen LogP contribution in [-0.4, -0.2) is 61.6 Å². The number of hydrogen-bond acceptors (Lipinski definition) is 3. The van der Waals surface area contributed by atoms with Gasteiger partial charge in [-0.3, -0.25) is 4.79 Å². The molecule has 0 spiro atoms. The first-order valence-electron chi connectivity index (χ1n) is 9.40. The number of nitrogens with zero attached hydrogens (tertiary/aromatic N) is 2. The summed E-state index contributed by atoms with van der Waals surface area (Å²) >= 11 is 0. The second-order valence-corrected chi connectivity index (χ2v) is 7.62. The van der Waals surface area contributed by atoms with Crippen molar-refractivity contribution >= 4 is 5.91 Å². The first-order chi connectivity index (χ1) is 11.1. The third-order valence-corrected chi connectivity index (χ3v) is 6.07. The summed E-state index contributed by atoms with van der Waals surface area (Å²) in [7, 11) is 0. The van der Waals surface area contributed by atoms with Gasteiger partial charge in [-0.15, -0.1) is 0 Å². The Balaban J connectivity index is 1.47. The van der Waals surface area contributed by atoms with Crippen molar-refractivity contribution in [1.29, 1.82) is 0 Å². The number of ether oxygens (including phenoxy) is 1. The maximum Gasteiger partial charge on any atom is 0.225 e. The molecule has 2 heterocycles. The summed E-state index contributed by atoms with van der Waals surface area (Å²) in [6, 6.07) is 0. The number of likely N-dealkylation sites (tertiary alicyclic amines) is 1. The molecule has 0 bridgehead atoms. The molecular weight excluding hydrogens is 288 g/mol. The van der Waals surface area contributed by atoms with E-state index in [1.165, 1.54) is 19.4 Å². The molecule has 23 heavy (non-hydrogen) atoms. The topological polar surface area (TPSA) is 32.8 Å². The highest BCUT2D eigenvalue weighted by molar-refractivity contribution is 5.79. The fraction of sp³-hybridized carbons (Fsp3) is 0.842. The van der Waals surface area contributed by atoms with E-state index in [-0.39, 0.29) is 5.92 Å². The Kier molecular flexibility index (Phi) is 5.76. The molecule has 0 aromatic rings. The Morgan fingerprint density at radius 2 is 1.87 bits per heavy atom. The van der Waals surface area contributed by atoms with Gasteiger partial charge in [0.1, 0.15) is 0 Å². The highest BCUT2D eigenvalue weighted by Gasteiger charge is 2.31. The Bertz CT molecular complexity index is 435. The van der Waals surface area contributed by atoms with E-state index in [0.29, 0.717) is 19.1 Å². The fourth-order valence-electron chi connectivity index (χ4n) is 4.38. The lowest BCUT2D eigenvalue weighted by atomic mass is 9.79. The van der Waals surface area contributed by atoms with E-state index >= 15 is 0 Å². The number of carbonyl (C=O) groups is 1. The van der Waals surface area contributed by atoms with Crippen molar-refractivity contribution in [3.05, 3.63) is 11.6 Å². The second-order valence-electron chi connectivity index (χ2n) is 7.62. The third kappa shape index (κ3) is 4.16. The summed E-state index contributed by atoms with van der Waals surface area (Å²) in [6.45, 7) is 11.0. The van der Waals surface area contributed by atoms with Gasteiger partial charge in [0, 0.05) is 25.6 Å². The van der Waals surface area contributed by atoms with Crippen molar-refractivity contribution in [2.75, 3.05) is 45.9 Å². The van der Waals surface area contributed by atoms with Crippen molar-refractivity contribution in [3.8, 4) is 0 Å². The van der Waals surface area contributed by atoms with Crippen molar-refractivity contribution in [2.24, 2.45) is 17.8 Å². The Morgan fingerprint density at radius 3 is 2.52 bits per heavy atom. The van der Waals surface area contributed by atoms with Crippen LogP contribution in [0.15, 0.2) is 11.6 Å². The van der Waals surface area contributed by atoms with Crippen molar-refractivity contribution in [2.45, 2.75) is 39.5 Å². The van der Waals surface area contributed by atoms with Crippen LogP contribution in [0.5, 0.6) is 0 Å². The van der Waals surface area contributed by atoms with Gasteiger partial charge in [0.15, 0.2) is 0 Å². The summed E-state index contributed by atoms with van der Waals surface area (Å²) < 4.78 is 5.35. The second kappa shape index (κ2) is 7.80. The van der Waals surface area contributed by atoms with Crippen LogP contribution < -0.4 is 0 Å².